The third-order valence-electron chi connectivity index (χ3n) is 2.08. The molecule has 4 heteroatoms. The molecule has 72 valence electrons. The minimum atomic E-state index is 0.795. The zero-order valence-electron chi connectivity index (χ0n) is 7.09. The molecular weight excluding hydrogens is 375 g/mol. The van der Waals surface area contributed by atoms with Gasteiger partial charge in [0.2, 0.25) is 0 Å². The van der Waals surface area contributed by atoms with Crippen LogP contribution in [0, 0.1) is 3.57 Å². The average Bonchev–Trinajstić information content (AvgIpc) is 2.65. The number of hydrogen-bond donors (Lipinski definition) is 0. The van der Waals surface area contributed by atoms with Gasteiger partial charge in [-0.3, -0.25) is 4.79 Å². The van der Waals surface area contributed by atoms with Gasteiger partial charge in [-0.15, -0.1) is 11.3 Å². The maximum Gasteiger partial charge on any atom is 0.151 e. The van der Waals surface area contributed by atoms with Crippen LogP contribution in [0.25, 0.3) is 10.1 Å². The number of rotatable bonds is 2. The molecular formula is C10H6BrIOS. The summed E-state index contributed by atoms with van der Waals surface area (Å²) in [6.07, 6.45) is 0.930. The summed E-state index contributed by atoms with van der Waals surface area (Å²) in [5, 5.41) is 4.05. The molecule has 0 amide bonds. The minimum Gasteiger partial charge on any atom is -0.298 e. The average molecular weight is 381 g/mol. The molecule has 14 heavy (non-hydrogen) atoms. The van der Waals surface area contributed by atoms with Gasteiger partial charge in [0.25, 0.3) is 0 Å². The van der Waals surface area contributed by atoms with Crippen molar-refractivity contribution in [2.45, 2.75) is 5.33 Å². The van der Waals surface area contributed by atoms with Crippen molar-refractivity contribution < 1.29 is 4.79 Å². The van der Waals surface area contributed by atoms with Gasteiger partial charge in [-0.05, 0) is 51.1 Å². The summed E-state index contributed by atoms with van der Waals surface area (Å²) in [5.41, 5.74) is 2.07. The van der Waals surface area contributed by atoms with Gasteiger partial charge in [0.1, 0.15) is 0 Å². The SMILES string of the molecule is O=Cc1cc(I)c(CBr)c2ccsc12. The van der Waals surface area contributed by atoms with Crippen LogP contribution in [0.3, 0.4) is 0 Å². The smallest absolute Gasteiger partial charge is 0.151 e. The van der Waals surface area contributed by atoms with E-state index in [1.54, 1.807) is 11.3 Å². The lowest BCUT2D eigenvalue weighted by Gasteiger charge is -2.04. The van der Waals surface area contributed by atoms with Crippen molar-refractivity contribution in [3.63, 3.8) is 0 Å². The molecule has 1 aromatic carbocycles. The Labute approximate surface area is 108 Å². The van der Waals surface area contributed by atoms with E-state index in [2.05, 4.69) is 44.6 Å². The monoisotopic (exact) mass is 380 g/mol. The summed E-state index contributed by atoms with van der Waals surface area (Å²) in [6, 6.07) is 4.02. The molecule has 0 radical (unpaired) electrons. The Morgan fingerprint density at radius 2 is 2.36 bits per heavy atom. The maximum atomic E-state index is 10.9. The highest BCUT2D eigenvalue weighted by molar-refractivity contribution is 14.1. The Morgan fingerprint density at radius 1 is 1.57 bits per heavy atom. The standard InChI is InChI=1S/C10H6BrIOS/c11-4-8-7-1-2-14-10(7)6(5-13)3-9(8)12/h1-3,5H,4H2. The molecule has 0 spiro atoms. The molecule has 0 fully saturated rings. The number of fused-ring (bicyclic) bond motifs is 1. The number of alkyl halides is 1. The first-order valence-corrected chi connectivity index (χ1v) is 7.05. The molecule has 0 N–H and O–H groups in total. The van der Waals surface area contributed by atoms with Gasteiger partial charge in [-0.25, -0.2) is 0 Å². The van der Waals surface area contributed by atoms with Crippen LogP contribution in [0.2, 0.25) is 0 Å². The predicted molar refractivity (Wildman–Crippen MR) is 72.6 cm³/mol. The summed E-state index contributed by atoms with van der Waals surface area (Å²) >= 11 is 7.36. The van der Waals surface area contributed by atoms with E-state index in [4.69, 9.17) is 0 Å². The van der Waals surface area contributed by atoms with Crippen LogP contribution >= 0.6 is 49.9 Å². The van der Waals surface area contributed by atoms with Crippen molar-refractivity contribution in [2.24, 2.45) is 0 Å². The highest BCUT2D eigenvalue weighted by Crippen LogP contribution is 2.32. The van der Waals surface area contributed by atoms with Gasteiger partial charge in [0.05, 0.1) is 0 Å². The van der Waals surface area contributed by atoms with Crippen molar-refractivity contribution in [3.8, 4) is 0 Å². The first kappa shape index (κ1) is 10.6. The van der Waals surface area contributed by atoms with Crippen LogP contribution < -0.4 is 0 Å². The third-order valence-corrected chi connectivity index (χ3v) is 4.57. The lowest BCUT2D eigenvalue weighted by molar-refractivity contribution is 0.112. The molecule has 0 aliphatic carbocycles. The van der Waals surface area contributed by atoms with Crippen LogP contribution in [0.5, 0.6) is 0 Å². The zero-order chi connectivity index (χ0) is 10.1. The van der Waals surface area contributed by atoms with Crippen molar-refractivity contribution in [3.05, 3.63) is 32.2 Å². The Balaban J connectivity index is 2.88. The Bertz CT molecular complexity index is 492. The topological polar surface area (TPSA) is 17.1 Å². The second-order valence-corrected chi connectivity index (χ2v) is 5.48. The molecule has 0 unspecified atom stereocenters. The number of halogens is 2. The third kappa shape index (κ3) is 1.63. The lowest BCUT2D eigenvalue weighted by Crippen LogP contribution is -1.89. The van der Waals surface area contributed by atoms with Crippen LogP contribution in [-0.2, 0) is 5.33 Å². The highest BCUT2D eigenvalue weighted by atomic mass is 127. The molecule has 2 rings (SSSR count). The van der Waals surface area contributed by atoms with Crippen LogP contribution in [0.4, 0.5) is 0 Å². The molecule has 0 saturated heterocycles. The van der Waals surface area contributed by atoms with E-state index >= 15 is 0 Å². The fourth-order valence-corrected chi connectivity index (χ4v) is 4.26. The highest BCUT2D eigenvalue weighted by Gasteiger charge is 2.10. The van der Waals surface area contributed by atoms with E-state index < -0.39 is 0 Å². The summed E-state index contributed by atoms with van der Waals surface area (Å²) < 4.78 is 2.24. The number of carbonyl (C=O) groups is 1. The Hall–Kier alpha value is 0.0600. The fraction of sp³-hybridized carbons (Fsp3) is 0.100. The first-order chi connectivity index (χ1) is 6.77. The van der Waals surface area contributed by atoms with Crippen molar-refractivity contribution in [1.82, 2.24) is 0 Å². The number of aldehydes is 1. The van der Waals surface area contributed by atoms with Gasteiger partial charge in [0.15, 0.2) is 6.29 Å². The second-order valence-electron chi connectivity index (χ2n) is 2.84. The molecule has 0 saturated carbocycles. The van der Waals surface area contributed by atoms with Crippen molar-refractivity contribution in [2.75, 3.05) is 0 Å². The largest absolute Gasteiger partial charge is 0.298 e. The number of hydrogen-bond acceptors (Lipinski definition) is 2. The van der Waals surface area contributed by atoms with Gasteiger partial charge in [-0.1, -0.05) is 15.9 Å². The summed E-state index contributed by atoms with van der Waals surface area (Å²) in [7, 11) is 0. The molecule has 1 aromatic heterocycles. The number of carbonyl (C=O) groups excluding carboxylic acids is 1. The van der Waals surface area contributed by atoms with Crippen molar-refractivity contribution in [1.29, 1.82) is 0 Å². The van der Waals surface area contributed by atoms with Gasteiger partial charge in [-0.2, -0.15) is 0 Å². The Morgan fingerprint density at radius 3 is 3.00 bits per heavy atom. The molecule has 0 atom stereocenters. The second kappa shape index (κ2) is 4.28. The van der Waals surface area contributed by atoms with Crippen molar-refractivity contribution >= 4 is 66.2 Å². The molecule has 0 aliphatic rings. The first-order valence-electron chi connectivity index (χ1n) is 3.97. The molecule has 2 aromatic rings. The molecule has 1 nitrogen and oxygen atoms in total. The number of thiophene rings is 1. The van der Waals surface area contributed by atoms with Crippen LogP contribution in [0.15, 0.2) is 17.5 Å². The predicted octanol–water partition coefficient (Wildman–Crippen LogP) is 4.21. The van der Waals surface area contributed by atoms with E-state index in [-0.39, 0.29) is 0 Å². The molecule has 0 aliphatic heterocycles. The normalized spacial score (nSPS) is 10.7. The zero-order valence-corrected chi connectivity index (χ0v) is 11.6. The molecule has 0 bridgehead atoms. The van der Waals surface area contributed by atoms with E-state index in [0.29, 0.717) is 0 Å². The van der Waals surface area contributed by atoms with Crippen LogP contribution in [0.1, 0.15) is 15.9 Å². The van der Waals surface area contributed by atoms with E-state index in [1.165, 1.54) is 10.9 Å². The number of benzene rings is 1. The van der Waals surface area contributed by atoms with Gasteiger partial charge < -0.3 is 0 Å². The molecule has 1 heterocycles. The maximum absolute atomic E-state index is 10.9. The van der Waals surface area contributed by atoms with E-state index in [9.17, 15) is 4.79 Å². The van der Waals surface area contributed by atoms with Gasteiger partial charge in [0, 0.05) is 19.2 Å². The quantitative estimate of drug-likeness (QED) is 0.433. The summed E-state index contributed by atoms with van der Waals surface area (Å²) in [4.78, 5) is 10.9. The minimum absolute atomic E-state index is 0.795. The van der Waals surface area contributed by atoms with Gasteiger partial charge >= 0.3 is 0 Å². The van der Waals surface area contributed by atoms with Crippen LogP contribution in [-0.4, -0.2) is 6.29 Å². The fourth-order valence-electron chi connectivity index (χ4n) is 1.41. The van der Waals surface area contributed by atoms with E-state index in [1.807, 2.05) is 11.4 Å². The summed E-state index contributed by atoms with van der Waals surface area (Å²) in [6.45, 7) is 0. The lowest BCUT2D eigenvalue weighted by atomic mass is 10.1. The van der Waals surface area contributed by atoms with E-state index in [0.717, 1.165) is 25.4 Å². The summed E-state index contributed by atoms with van der Waals surface area (Å²) in [5.74, 6) is 0. The Kier molecular flexibility index (Phi) is 3.23.